The van der Waals surface area contributed by atoms with Crippen molar-refractivity contribution in [3.05, 3.63) is 34.6 Å². The molecule has 0 aliphatic rings. The molecule has 0 atom stereocenters. The molecule has 1 nitrogen and oxygen atoms in total. The second-order valence-electron chi connectivity index (χ2n) is 4.72. The van der Waals surface area contributed by atoms with Crippen molar-refractivity contribution in [2.45, 2.75) is 45.7 Å². The smallest absolute Gasteiger partial charge is 0.123 e. The normalized spacial score (nSPS) is 11.8. The van der Waals surface area contributed by atoms with E-state index in [9.17, 15) is 4.39 Å². The topological polar surface area (TPSA) is 12.0 Å². The van der Waals surface area contributed by atoms with Gasteiger partial charge >= 0.3 is 0 Å². The van der Waals surface area contributed by atoms with Crippen LogP contribution in [-0.4, -0.2) is 5.54 Å². The Kier molecular flexibility index (Phi) is 4.75. The van der Waals surface area contributed by atoms with Crippen molar-refractivity contribution in [3.63, 3.8) is 0 Å². The molecule has 0 amide bonds. The quantitative estimate of drug-likeness (QED) is 0.819. The zero-order valence-corrected chi connectivity index (χ0v) is 10.9. The maximum atomic E-state index is 13.0. The molecule has 0 fully saturated rings. The van der Waals surface area contributed by atoms with Crippen LogP contribution in [0.3, 0.4) is 0 Å². The number of benzene rings is 1. The highest BCUT2D eigenvalue weighted by molar-refractivity contribution is 6.31. The van der Waals surface area contributed by atoms with Crippen molar-refractivity contribution in [1.29, 1.82) is 0 Å². The van der Waals surface area contributed by atoms with E-state index in [0.717, 1.165) is 18.4 Å². The number of nitrogens with one attached hydrogen (secondary N) is 1. The third-order valence-electron chi connectivity index (χ3n) is 2.64. The van der Waals surface area contributed by atoms with Crippen molar-refractivity contribution >= 4 is 11.6 Å². The second kappa shape index (κ2) is 5.65. The Hall–Kier alpha value is -0.600. The van der Waals surface area contributed by atoms with Gasteiger partial charge in [-0.05, 0) is 44.0 Å². The number of rotatable bonds is 5. The van der Waals surface area contributed by atoms with Gasteiger partial charge in [0.2, 0.25) is 0 Å². The molecule has 1 N–H and O–H groups in total. The second-order valence-corrected chi connectivity index (χ2v) is 5.13. The number of halogens is 2. The molecule has 3 heteroatoms. The zero-order chi connectivity index (χ0) is 12.2. The van der Waals surface area contributed by atoms with Gasteiger partial charge in [-0.25, -0.2) is 4.39 Å². The predicted octanol–water partition coefficient (Wildman–Crippen LogP) is 4.15. The van der Waals surface area contributed by atoms with Crippen molar-refractivity contribution < 1.29 is 4.39 Å². The summed E-state index contributed by atoms with van der Waals surface area (Å²) in [7, 11) is 0. The molecule has 0 unspecified atom stereocenters. The van der Waals surface area contributed by atoms with E-state index < -0.39 is 0 Å². The minimum absolute atomic E-state index is 0.0599. The van der Waals surface area contributed by atoms with Crippen LogP contribution in [0.2, 0.25) is 5.02 Å². The van der Waals surface area contributed by atoms with Gasteiger partial charge in [-0.1, -0.05) is 24.9 Å². The Morgan fingerprint density at radius 1 is 1.38 bits per heavy atom. The molecule has 0 aliphatic heterocycles. The average Bonchev–Trinajstić information content (AvgIpc) is 2.19. The predicted molar refractivity (Wildman–Crippen MR) is 67.2 cm³/mol. The molecule has 0 spiro atoms. The standard InChI is InChI=1S/C13H19ClFN/c1-4-7-13(2,3)16-9-10-8-11(15)5-6-12(10)14/h5-6,8,16H,4,7,9H2,1-3H3. The molecular weight excluding hydrogens is 225 g/mol. The Labute approximate surface area is 102 Å². The van der Waals surface area contributed by atoms with E-state index in [0.29, 0.717) is 11.6 Å². The van der Waals surface area contributed by atoms with E-state index in [4.69, 9.17) is 11.6 Å². The molecule has 0 radical (unpaired) electrons. The van der Waals surface area contributed by atoms with Crippen LogP contribution in [0.25, 0.3) is 0 Å². The van der Waals surface area contributed by atoms with Gasteiger partial charge in [-0.15, -0.1) is 0 Å². The minimum Gasteiger partial charge on any atom is -0.308 e. The van der Waals surface area contributed by atoms with Crippen LogP contribution in [0.5, 0.6) is 0 Å². The van der Waals surface area contributed by atoms with Crippen LogP contribution in [0.15, 0.2) is 18.2 Å². The summed E-state index contributed by atoms with van der Waals surface area (Å²) in [4.78, 5) is 0. The van der Waals surface area contributed by atoms with Crippen LogP contribution in [0.1, 0.15) is 39.2 Å². The highest BCUT2D eigenvalue weighted by Crippen LogP contribution is 2.19. The summed E-state index contributed by atoms with van der Waals surface area (Å²) < 4.78 is 13.0. The fourth-order valence-corrected chi connectivity index (χ4v) is 1.91. The summed E-state index contributed by atoms with van der Waals surface area (Å²) in [6, 6.07) is 4.46. The highest BCUT2D eigenvalue weighted by Gasteiger charge is 2.15. The third kappa shape index (κ3) is 4.11. The minimum atomic E-state index is -0.241. The van der Waals surface area contributed by atoms with Gasteiger partial charge in [0.15, 0.2) is 0 Å². The van der Waals surface area contributed by atoms with Crippen LogP contribution in [0.4, 0.5) is 4.39 Å². The maximum absolute atomic E-state index is 13.0. The zero-order valence-electron chi connectivity index (χ0n) is 10.1. The molecule has 16 heavy (non-hydrogen) atoms. The van der Waals surface area contributed by atoms with Crippen molar-refractivity contribution in [2.24, 2.45) is 0 Å². The van der Waals surface area contributed by atoms with E-state index in [1.54, 1.807) is 6.07 Å². The lowest BCUT2D eigenvalue weighted by molar-refractivity contribution is 0.356. The highest BCUT2D eigenvalue weighted by atomic mass is 35.5. The number of hydrogen-bond donors (Lipinski definition) is 1. The first kappa shape index (κ1) is 13.5. The van der Waals surface area contributed by atoms with Gasteiger partial charge in [0, 0.05) is 17.1 Å². The first-order valence-corrected chi connectivity index (χ1v) is 6.01. The summed E-state index contributed by atoms with van der Waals surface area (Å²) in [5.41, 5.74) is 0.871. The molecule has 1 aromatic rings. The maximum Gasteiger partial charge on any atom is 0.123 e. The van der Waals surface area contributed by atoms with Gasteiger partial charge in [-0.3, -0.25) is 0 Å². The molecule has 0 aromatic heterocycles. The summed E-state index contributed by atoms with van der Waals surface area (Å²) >= 11 is 6.00. The SMILES string of the molecule is CCCC(C)(C)NCc1cc(F)ccc1Cl. The van der Waals surface area contributed by atoms with E-state index >= 15 is 0 Å². The van der Waals surface area contributed by atoms with E-state index in [1.807, 2.05) is 0 Å². The Morgan fingerprint density at radius 3 is 2.69 bits per heavy atom. The largest absolute Gasteiger partial charge is 0.308 e. The Morgan fingerprint density at radius 2 is 2.06 bits per heavy atom. The Bertz CT molecular complexity index is 350. The first-order valence-electron chi connectivity index (χ1n) is 5.63. The van der Waals surface area contributed by atoms with Gasteiger partial charge in [-0.2, -0.15) is 0 Å². The summed E-state index contributed by atoms with van der Waals surface area (Å²) in [6.07, 6.45) is 2.21. The van der Waals surface area contributed by atoms with Gasteiger partial charge in [0.25, 0.3) is 0 Å². The Balaban J connectivity index is 2.63. The van der Waals surface area contributed by atoms with Crippen LogP contribution in [0, 0.1) is 5.82 Å². The van der Waals surface area contributed by atoms with E-state index in [1.165, 1.54) is 12.1 Å². The fraction of sp³-hybridized carbons (Fsp3) is 0.538. The fourth-order valence-electron chi connectivity index (χ4n) is 1.73. The molecule has 0 heterocycles. The number of hydrogen-bond acceptors (Lipinski definition) is 1. The molecular formula is C13H19ClFN. The molecule has 0 bridgehead atoms. The molecule has 0 saturated heterocycles. The van der Waals surface area contributed by atoms with E-state index in [-0.39, 0.29) is 11.4 Å². The lowest BCUT2D eigenvalue weighted by Gasteiger charge is -2.26. The van der Waals surface area contributed by atoms with Crippen molar-refractivity contribution in [1.82, 2.24) is 5.32 Å². The van der Waals surface area contributed by atoms with Crippen molar-refractivity contribution in [3.8, 4) is 0 Å². The van der Waals surface area contributed by atoms with E-state index in [2.05, 4.69) is 26.1 Å². The first-order chi connectivity index (χ1) is 7.44. The van der Waals surface area contributed by atoms with Gasteiger partial charge in [0.05, 0.1) is 0 Å². The monoisotopic (exact) mass is 243 g/mol. The molecule has 90 valence electrons. The van der Waals surface area contributed by atoms with Gasteiger partial charge in [0.1, 0.15) is 5.82 Å². The third-order valence-corrected chi connectivity index (χ3v) is 3.01. The van der Waals surface area contributed by atoms with Crippen molar-refractivity contribution in [2.75, 3.05) is 0 Å². The summed E-state index contributed by atoms with van der Waals surface area (Å²) in [6.45, 7) is 7.04. The van der Waals surface area contributed by atoms with Crippen LogP contribution < -0.4 is 5.32 Å². The summed E-state index contributed by atoms with van der Waals surface area (Å²) in [5, 5.41) is 4.01. The molecule has 0 aliphatic carbocycles. The van der Waals surface area contributed by atoms with Crippen LogP contribution in [-0.2, 0) is 6.54 Å². The van der Waals surface area contributed by atoms with Crippen LogP contribution >= 0.6 is 11.6 Å². The lowest BCUT2D eigenvalue weighted by atomic mass is 9.98. The molecule has 1 aromatic carbocycles. The lowest BCUT2D eigenvalue weighted by Crippen LogP contribution is -2.38. The molecule has 1 rings (SSSR count). The molecule has 0 saturated carbocycles. The van der Waals surface area contributed by atoms with Gasteiger partial charge < -0.3 is 5.32 Å². The summed E-state index contributed by atoms with van der Waals surface area (Å²) in [5.74, 6) is -0.241. The average molecular weight is 244 g/mol.